The fourth-order valence-electron chi connectivity index (χ4n) is 1.64. The van der Waals surface area contributed by atoms with Crippen LogP contribution in [0.15, 0.2) is 0 Å². The largest absolute Gasteiger partial charge is 0.367 e. The summed E-state index contributed by atoms with van der Waals surface area (Å²) >= 11 is 11.5. The lowest BCUT2D eigenvalue weighted by Crippen LogP contribution is -2.34. The minimum Gasteiger partial charge on any atom is -0.367 e. The van der Waals surface area contributed by atoms with Crippen molar-refractivity contribution >= 4 is 29.0 Å². The summed E-state index contributed by atoms with van der Waals surface area (Å²) < 4.78 is 0. The molecule has 0 unspecified atom stereocenters. The van der Waals surface area contributed by atoms with Gasteiger partial charge in [0.05, 0.1) is 0 Å². The van der Waals surface area contributed by atoms with Crippen molar-refractivity contribution in [2.75, 3.05) is 32.5 Å². The zero-order chi connectivity index (χ0) is 13.1. The van der Waals surface area contributed by atoms with Crippen molar-refractivity contribution < 1.29 is 0 Å². The second-order valence-corrected chi connectivity index (χ2v) is 5.67. The lowest BCUT2D eigenvalue weighted by molar-refractivity contribution is 0.254. The van der Waals surface area contributed by atoms with Crippen molar-refractivity contribution in [1.29, 1.82) is 0 Å². The maximum absolute atomic E-state index is 5.86. The van der Waals surface area contributed by atoms with Crippen LogP contribution in [0.2, 0.25) is 10.4 Å². The molecule has 1 heterocycles. The SMILES string of the molecule is CN(C)CC(C)(C)CNc1nc(Cl)nnc1Cl. The summed E-state index contributed by atoms with van der Waals surface area (Å²) in [4.78, 5) is 6.12. The smallest absolute Gasteiger partial charge is 0.245 e. The van der Waals surface area contributed by atoms with Crippen LogP contribution >= 0.6 is 23.2 Å². The van der Waals surface area contributed by atoms with Gasteiger partial charge in [0.15, 0.2) is 11.0 Å². The van der Waals surface area contributed by atoms with Crippen LogP contribution in [0, 0.1) is 5.41 Å². The van der Waals surface area contributed by atoms with Crippen molar-refractivity contribution in [3.8, 4) is 0 Å². The number of rotatable bonds is 5. The number of anilines is 1. The zero-order valence-corrected chi connectivity index (χ0v) is 12.0. The Bertz CT molecular complexity index is 381. The Morgan fingerprint density at radius 3 is 2.47 bits per heavy atom. The Balaban J connectivity index is 2.63. The van der Waals surface area contributed by atoms with E-state index in [9.17, 15) is 0 Å². The van der Waals surface area contributed by atoms with Gasteiger partial charge in [0.25, 0.3) is 0 Å². The molecule has 1 aromatic rings. The molecule has 0 aromatic carbocycles. The van der Waals surface area contributed by atoms with Gasteiger partial charge in [-0.2, -0.15) is 4.98 Å². The third kappa shape index (κ3) is 5.02. The average molecular weight is 278 g/mol. The molecular formula is C10H17Cl2N5. The van der Waals surface area contributed by atoms with Crippen LogP contribution in [0.3, 0.4) is 0 Å². The lowest BCUT2D eigenvalue weighted by atomic mass is 9.93. The highest BCUT2D eigenvalue weighted by atomic mass is 35.5. The van der Waals surface area contributed by atoms with Gasteiger partial charge in [0.1, 0.15) is 0 Å². The number of nitrogens with zero attached hydrogens (tertiary/aromatic N) is 4. The molecule has 7 heteroatoms. The Morgan fingerprint density at radius 2 is 1.88 bits per heavy atom. The first-order valence-electron chi connectivity index (χ1n) is 5.24. The Hall–Kier alpha value is -0.650. The van der Waals surface area contributed by atoms with Crippen molar-refractivity contribution in [2.45, 2.75) is 13.8 Å². The molecule has 0 amide bonds. The number of aromatic nitrogens is 3. The molecule has 0 aliphatic carbocycles. The summed E-state index contributed by atoms with van der Waals surface area (Å²) in [5.74, 6) is 0.471. The van der Waals surface area contributed by atoms with Crippen LogP contribution in [-0.2, 0) is 0 Å². The molecule has 1 aromatic heterocycles. The minimum absolute atomic E-state index is 0.0855. The summed E-state index contributed by atoms with van der Waals surface area (Å²) in [6.45, 7) is 5.98. The van der Waals surface area contributed by atoms with Crippen molar-refractivity contribution in [1.82, 2.24) is 20.1 Å². The van der Waals surface area contributed by atoms with E-state index < -0.39 is 0 Å². The summed E-state index contributed by atoms with van der Waals surface area (Å²) in [6.07, 6.45) is 0. The van der Waals surface area contributed by atoms with Gasteiger partial charge < -0.3 is 10.2 Å². The molecule has 0 spiro atoms. The van der Waals surface area contributed by atoms with Crippen molar-refractivity contribution in [3.63, 3.8) is 0 Å². The van der Waals surface area contributed by atoms with Gasteiger partial charge in [0, 0.05) is 13.1 Å². The van der Waals surface area contributed by atoms with Gasteiger partial charge in [-0.3, -0.25) is 0 Å². The van der Waals surface area contributed by atoms with E-state index in [2.05, 4.69) is 39.2 Å². The second kappa shape index (κ2) is 5.80. The Labute approximate surface area is 112 Å². The number of hydrogen-bond donors (Lipinski definition) is 1. The van der Waals surface area contributed by atoms with Crippen molar-refractivity contribution in [3.05, 3.63) is 10.4 Å². The minimum atomic E-state index is 0.0855. The quantitative estimate of drug-likeness (QED) is 0.894. The summed E-state index contributed by atoms with van der Waals surface area (Å²) in [7, 11) is 4.08. The van der Waals surface area contributed by atoms with E-state index in [1.807, 2.05) is 14.1 Å². The zero-order valence-electron chi connectivity index (χ0n) is 10.5. The molecule has 0 saturated carbocycles. The molecule has 0 fully saturated rings. The van der Waals surface area contributed by atoms with Gasteiger partial charge in [0.2, 0.25) is 5.28 Å². The average Bonchev–Trinajstić information content (AvgIpc) is 2.17. The van der Waals surface area contributed by atoms with Crippen molar-refractivity contribution in [2.24, 2.45) is 5.41 Å². The summed E-state index contributed by atoms with van der Waals surface area (Å²) in [6, 6.07) is 0. The third-order valence-electron chi connectivity index (χ3n) is 2.10. The highest BCUT2D eigenvalue weighted by molar-refractivity contribution is 6.32. The maximum Gasteiger partial charge on any atom is 0.245 e. The van der Waals surface area contributed by atoms with E-state index in [0.29, 0.717) is 5.82 Å². The van der Waals surface area contributed by atoms with E-state index in [4.69, 9.17) is 23.2 Å². The molecule has 1 rings (SSSR count). The van der Waals surface area contributed by atoms with E-state index in [1.54, 1.807) is 0 Å². The lowest BCUT2D eigenvalue weighted by Gasteiger charge is -2.28. The van der Waals surface area contributed by atoms with Gasteiger partial charge in [-0.25, -0.2) is 0 Å². The molecular weight excluding hydrogens is 261 g/mol. The highest BCUT2D eigenvalue weighted by Gasteiger charge is 2.19. The molecule has 0 radical (unpaired) electrons. The standard InChI is InChI=1S/C10H17Cl2N5/c1-10(2,6-17(3)4)5-13-8-7(11)15-16-9(12)14-8/h5-6H2,1-4H3,(H,13,14,16). The monoisotopic (exact) mass is 277 g/mol. The van der Waals surface area contributed by atoms with Crippen LogP contribution in [0.25, 0.3) is 0 Å². The number of nitrogens with one attached hydrogen (secondary N) is 1. The summed E-state index contributed by atoms with van der Waals surface area (Å²) in [5, 5.41) is 10.7. The van der Waals surface area contributed by atoms with Crippen LogP contribution in [0.5, 0.6) is 0 Å². The third-order valence-corrected chi connectivity index (χ3v) is 2.51. The predicted octanol–water partition coefficient (Wildman–Crippen LogP) is 2.18. The van der Waals surface area contributed by atoms with Crippen LogP contribution in [0.4, 0.5) is 5.82 Å². The predicted molar refractivity (Wildman–Crippen MR) is 70.7 cm³/mol. The fraction of sp³-hybridized carbons (Fsp3) is 0.700. The summed E-state index contributed by atoms with van der Waals surface area (Å²) in [5.41, 5.74) is 0.0876. The molecule has 0 atom stereocenters. The fourth-order valence-corrected chi connectivity index (χ4v) is 1.91. The topological polar surface area (TPSA) is 53.9 Å². The highest BCUT2D eigenvalue weighted by Crippen LogP contribution is 2.20. The van der Waals surface area contributed by atoms with Gasteiger partial charge in [-0.05, 0) is 31.1 Å². The first-order chi connectivity index (χ1) is 7.80. The van der Waals surface area contributed by atoms with Crippen LogP contribution < -0.4 is 5.32 Å². The van der Waals surface area contributed by atoms with Crippen LogP contribution in [0.1, 0.15) is 13.8 Å². The second-order valence-electron chi connectivity index (χ2n) is 4.98. The van der Waals surface area contributed by atoms with E-state index in [0.717, 1.165) is 13.1 Å². The molecule has 5 nitrogen and oxygen atoms in total. The van der Waals surface area contributed by atoms with Gasteiger partial charge >= 0.3 is 0 Å². The molecule has 0 aliphatic heterocycles. The van der Waals surface area contributed by atoms with Crippen LogP contribution in [-0.4, -0.2) is 47.3 Å². The Morgan fingerprint density at radius 1 is 1.24 bits per heavy atom. The molecule has 0 saturated heterocycles. The normalized spacial score (nSPS) is 11.9. The van der Waals surface area contributed by atoms with Gasteiger partial charge in [-0.15, -0.1) is 10.2 Å². The molecule has 0 bridgehead atoms. The first-order valence-corrected chi connectivity index (χ1v) is 6.00. The van der Waals surface area contributed by atoms with E-state index in [-0.39, 0.29) is 15.9 Å². The van der Waals surface area contributed by atoms with Gasteiger partial charge in [-0.1, -0.05) is 25.4 Å². The Kier molecular flexibility index (Phi) is 4.91. The molecule has 17 heavy (non-hydrogen) atoms. The molecule has 1 N–H and O–H groups in total. The molecule has 0 aliphatic rings. The number of halogens is 2. The van der Waals surface area contributed by atoms with E-state index >= 15 is 0 Å². The first kappa shape index (κ1) is 14.4. The van der Waals surface area contributed by atoms with E-state index in [1.165, 1.54) is 0 Å². The maximum atomic E-state index is 5.86. The number of hydrogen-bond acceptors (Lipinski definition) is 5. The molecule has 96 valence electrons.